The van der Waals surface area contributed by atoms with Crippen LogP contribution in [0.25, 0.3) is 0 Å². The van der Waals surface area contributed by atoms with Crippen LogP contribution in [-0.4, -0.2) is 36.3 Å². The van der Waals surface area contributed by atoms with Crippen molar-refractivity contribution in [2.75, 3.05) is 25.0 Å². The number of hydrogen-bond acceptors (Lipinski definition) is 4. The maximum absolute atomic E-state index is 12.2. The van der Waals surface area contributed by atoms with E-state index in [-0.39, 0.29) is 24.9 Å². The first-order valence-electron chi connectivity index (χ1n) is 8.59. The van der Waals surface area contributed by atoms with Gasteiger partial charge in [0.05, 0.1) is 17.4 Å². The Balaban J connectivity index is 1.84. The van der Waals surface area contributed by atoms with Crippen molar-refractivity contribution in [3.8, 4) is 0 Å². The minimum Gasteiger partial charge on any atom is -0.346 e. The second-order valence-electron chi connectivity index (χ2n) is 6.26. The van der Waals surface area contributed by atoms with Gasteiger partial charge >= 0.3 is 0 Å². The van der Waals surface area contributed by atoms with E-state index in [0.29, 0.717) is 13.1 Å². The fraction of sp³-hybridized carbons (Fsp3) is 0.300. The molecule has 0 aliphatic heterocycles. The van der Waals surface area contributed by atoms with E-state index in [1.54, 1.807) is 6.08 Å². The molecule has 0 saturated carbocycles. The van der Waals surface area contributed by atoms with Gasteiger partial charge in [0.1, 0.15) is 0 Å². The number of carbonyl (C=O) groups excluding carboxylic acids is 2. The normalized spacial score (nSPS) is 10.7. The summed E-state index contributed by atoms with van der Waals surface area (Å²) in [4.78, 5) is 27.4. The molecule has 27 heavy (non-hydrogen) atoms. The highest BCUT2D eigenvalue weighted by Gasteiger charge is 2.13. The van der Waals surface area contributed by atoms with Crippen molar-refractivity contribution < 1.29 is 9.59 Å². The SMILES string of the molecule is C=CCN(CC(=O)NCC(=O)Nc1c(C)cccc1C)Cc1ccc(Cl)s1. The number of anilines is 1. The number of nitrogens with one attached hydrogen (secondary N) is 2. The summed E-state index contributed by atoms with van der Waals surface area (Å²) >= 11 is 7.44. The van der Waals surface area contributed by atoms with Gasteiger partial charge in [-0.3, -0.25) is 14.5 Å². The van der Waals surface area contributed by atoms with Gasteiger partial charge in [-0.05, 0) is 37.1 Å². The van der Waals surface area contributed by atoms with Crippen molar-refractivity contribution in [2.24, 2.45) is 0 Å². The van der Waals surface area contributed by atoms with Crippen molar-refractivity contribution in [3.63, 3.8) is 0 Å². The van der Waals surface area contributed by atoms with Crippen LogP contribution < -0.4 is 10.6 Å². The highest BCUT2D eigenvalue weighted by molar-refractivity contribution is 7.16. The molecule has 0 radical (unpaired) electrons. The molecule has 0 spiro atoms. The molecule has 2 N–H and O–H groups in total. The molecule has 0 unspecified atom stereocenters. The lowest BCUT2D eigenvalue weighted by Gasteiger charge is -2.19. The highest BCUT2D eigenvalue weighted by Crippen LogP contribution is 2.22. The maximum atomic E-state index is 12.2. The maximum Gasteiger partial charge on any atom is 0.243 e. The molecule has 5 nitrogen and oxygen atoms in total. The highest BCUT2D eigenvalue weighted by atomic mass is 35.5. The van der Waals surface area contributed by atoms with Gasteiger partial charge in [0.2, 0.25) is 11.8 Å². The van der Waals surface area contributed by atoms with E-state index >= 15 is 0 Å². The van der Waals surface area contributed by atoms with E-state index < -0.39 is 0 Å². The van der Waals surface area contributed by atoms with Crippen LogP contribution in [0, 0.1) is 13.8 Å². The smallest absolute Gasteiger partial charge is 0.243 e. The number of rotatable bonds is 9. The molecule has 0 fully saturated rings. The molecule has 1 aromatic heterocycles. The Morgan fingerprint density at radius 2 is 1.89 bits per heavy atom. The van der Waals surface area contributed by atoms with E-state index in [2.05, 4.69) is 17.2 Å². The second-order valence-corrected chi connectivity index (χ2v) is 8.06. The molecule has 7 heteroatoms. The van der Waals surface area contributed by atoms with Crippen LogP contribution in [0.3, 0.4) is 0 Å². The molecular weight excluding hydrogens is 382 g/mol. The molecule has 2 amide bonds. The molecule has 0 aliphatic carbocycles. The average molecular weight is 406 g/mol. The third kappa shape index (κ3) is 6.82. The summed E-state index contributed by atoms with van der Waals surface area (Å²) in [6.45, 7) is 8.88. The van der Waals surface area contributed by atoms with Crippen molar-refractivity contribution >= 4 is 40.4 Å². The summed E-state index contributed by atoms with van der Waals surface area (Å²) in [6.07, 6.45) is 1.75. The second kappa shape index (κ2) is 10.3. The van der Waals surface area contributed by atoms with Crippen molar-refractivity contribution in [1.29, 1.82) is 0 Å². The zero-order chi connectivity index (χ0) is 19.8. The topological polar surface area (TPSA) is 61.4 Å². The van der Waals surface area contributed by atoms with Crippen molar-refractivity contribution in [3.05, 3.63) is 63.3 Å². The molecule has 1 aromatic carbocycles. The number of hydrogen-bond donors (Lipinski definition) is 2. The summed E-state index contributed by atoms with van der Waals surface area (Å²) in [5.41, 5.74) is 2.77. The minimum atomic E-state index is -0.249. The van der Waals surface area contributed by atoms with E-state index in [0.717, 1.165) is 26.0 Å². The number of aryl methyl sites for hydroxylation is 2. The van der Waals surface area contributed by atoms with Gasteiger partial charge in [0.15, 0.2) is 0 Å². The number of halogens is 1. The molecular formula is C20H24ClN3O2S. The Morgan fingerprint density at radius 1 is 1.19 bits per heavy atom. The van der Waals surface area contributed by atoms with Gasteiger partial charge in [-0.25, -0.2) is 0 Å². The largest absolute Gasteiger partial charge is 0.346 e. The lowest BCUT2D eigenvalue weighted by atomic mass is 10.1. The van der Waals surface area contributed by atoms with Gasteiger partial charge in [-0.15, -0.1) is 17.9 Å². The first kappa shape index (κ1) is 21.2. The van der Waals surface area contributed by atoms with Crippen LogP contribution in [0.4, 0.5) is 5.69 Å². The van der Waals surface area contributed by atoms with Gasteiger partial charge in [0.25, 0.3) is 0 Å². The third-order valence-corrected chi connectivity index (χ3v) is 5.17. The van der Waals surface area contributed by atoms with Gasteiger partial charge < -0.3 is 10.6 Å². The predicted octanol–water partition coefficient (Wildman–Crippen LogP) is 3.76. The summed E-state index contributed by atoms with van der Waals surface area (Å²) in [5, 5.41) is 5.53. The Bertz CT molecular complexity index is 799. The van der Waals surface area contributed by atoms with Crippen LogP contribution in [0.15, 0.2) is 43.0 Å². The molecule has 2 aromatic rings. The zero-order valence-corrected chi connectivity index (χ0v) is 17.1. The van der Waals surface area contributed by atoms with Crippen molar-refractivity contribution in [1.82, 2.24) is 10.2 Å². The third-order valence-electron chi connectivity index (χ3n) is 3.95. The Morgan fingerprint density at radius 3 is 2.48 bits per heavy atom. The number of nitrogens with zero attached hydrogens (tertiary/aromatic N) is 1. The monoisotopic (exact) mass is 405 g/mol. The van der Waals surface area contributed by atoms with Crippen LogP contribution >= 0.6 is 22.9 Å². The molecule has 0 bridgehead atoms. The molecule has 0 aliphatic rings. The fourth-order valence-electron chi connectivity index (χ4n) is 2.66. The Hall–Kier alpha value is -2.15. The molecule has 1 heterocycles. The summed E-state index contributed by atoms with van der Waals surface area (Å²) in [6, 6.07) is 9.60. The summed E-state index contributed by atoms with van der Waals surface area (Å²) in [5.74, 6) is -0.461. The van der Waals surface area contributed by atoms with Crippen LogP contribution in [-0.2, 0) is 16.1 Å². The van der Waals surface area contributed by atoms with Crippen LogP contribution in [0.1, 0.15) is 16.0 Å². The van der Waals surface area contributed by atoms with Crippen LogP contribution in [0.2, 0.25) is 4.34 Å². The van der Waals surface area contributed by atoms with Gasteiger partial charge in [-0.2, -0.15) is 0 Å². The van der Waals surface area contributed by atoms with Crippen molar-refractivity contribution in [2.45, 2.75) is 20.4 Å². The zero-order valence-electron chi connectivity index (χ0n) is 15.5. The Kier molecular flexibility index (Phi) is 8.03. The van der Waals surface area contributed by atoms with Crippen LogP contribution in [0.5, 0.6) is 0 Å². The molecule has 144 valence electrons. The average Bonchev–Trinajstić information content (AvgIpc) is 3.01. The standard InChI is InChI=1S/C20H24ClN3O2S/c1-4-10-24(12-16-8-9-17(21)27-16)13-19(26)22-11-18(25)23-20-14(2)6-5-7-15(20)3/h4-9H,1,10-13H2,2-3H3,(H,22,26)(H,23,25). The first-order chi connectivity index (χ1) is 12.9. The van der Waals surface area contributed by atoms with Gasteiger partial charge in [-0.1, -0.05) is 35.9 Å². The number of amides is 2. The van der Waals surface area contributed by atoms with E-state index in [1.807, 2.05) is 49.1 Å². The predicted molar refractivity (Wildman–Crippen MR) is 112 cm³/mol. The number of benzene rings is 1. The molecule has 0 saturated heterocycles. The quantitative estimate of drug-likeness (QED) is 0.624. The lowest BCUT2D eigenvalue weighted by Crippen LogP contribution is -2.40. The first-order valence-corrected chi connectivity index (χ1v) is 9.78. The Labute approximate surface area is 169 Å². The number of para-hydroxylation sites is 1. The summed E-state index contributed by atoms with van der Waals surface area (Å²) < 4.78 is 0.719. The van der Waals surface area contributed by atoms with E-state index in [1.165, 1.54) is 11.3 Å². The minimum absolute atomic E-state index is 0.0701. The lowest BCUT2D eigenvalue weighted by molar-refractivity contribution is -0.125. The molecule has 2 rings (SSSR count). The fourth-order valence-corrected chi connectivity index (χ4v) is 3.79. The number of thiophene rings is 1. The van der Waals surface area contributed by atoms with E-state index in [9.17, 15) is 9.59 Å². The van der Waals surface area contributed by atoms with Gasteiger partial charge in [0, 0.05) is 23.7 Å². The summed E-state index contributed by atoms with van der Waals surface area (Å²) in [7, 11) is 0. The number of carbonyl (C=O) groups is 2. The molecule has 0 atom stereocenters. The van der Waals surface area contributed by atoms with E-state index in [4.69, 9.17) is 11.6 Å².